The third kappa shape index (κ3) is 6.37. The molecule has 0 aliphatic carbocycles. The number of ether oxygens (including phenoxy) is 3. The fraction of sp³-hybridized carbons (Fsp3) is 0.423. The van der Waals surface area contributed by atoms with Crippen molar-refractivity contribution in [3.63, 3.8) is 0 Å². The van der Waals surface area contributed by atoms with Crippen molar-refractivity contribution in [1.82, 2.24) is 10.2 Å². The second-order valence-corrected chi connectivity index (χ2v) is 8.74. The van der Waals surface area contributed by atoms with E-state index in [0.29, 0.717) is 42.5 Å². The van der Waals surface area contributed by atoms with E-state index in [9.17, 15) is 14.4 Å². The lowest BCUT2D eigenvalue weighted by Crippen LogP contribution is -2.47. The number of carbonyl (C=O) groups excluding carboxylic acids is 3. The molecule has 4 rings (SSSR count). The maximum absolute atomic E-state index is 12.8. The summed E-state index contributed by atoms with van der Waals surface area (Å²) in [6.07, 6.45) is 0. The number of anilines is 1. The van der Waals surface area contributed by atoms with E-state index in [-0.39, 0.29) is 37.4 Å². The number of ketones is 1. The summed E-state index contributed by atoms with van der Waals surface area (Å²) < 4.78 is 16.6. The molecule has 2 aromatic rings. The van der Waals surface area contributed by atoms with Crippen LogP contribution in [0.25, 0.3) is 0 Å². The number of aryl methyl sites for hydroxylation is 2. The van der Waals surface area contributed by atoms with Crippen LogP contribution in [0.5, 0.6) is 11.5 Å². The van der Waals surface area contributed by atoms with Crippen LogP contribution >= 0.6 is 0 Å². The third-order valence-corrected chi connectivity index (χ3v) is 6.07. The summed E-state index contributed by atoms with van der Waals surface area (Å²) in [7, 11) is 0. The van der Waals surface area contributed by atoms with E-state index in [1.165, 1.54) is 4.90 Å². The summed E-state index contributed by atoms with van der Waals surface area (Å²) in [6, 6.07) is 10.6. The van der Waals surface area contributed by atoms with Crippen molar-refractivity contribution in [2.24, 2.45) is 0 Å². The zero-order chi connectivity index (χ0) is 24.8. The van der Waals surface area contributed by atoms with Crippen LogP contribution in [-0.4, -0.2) is 81.6 Å². The lowest BCUT2D eigenvalue weighted by molar-refractivity contribution is -0.125. The number of carbonyl (C=O) groups is 3. The molecule has 2 heterocycles. The highest BCUT2D eigenvalue weighted by molar-refractivity contribution is 6.04. The first-order valence-corrected chi connectivity index (χ1v) is 11.8. The molecule has 186 valence electrons. The minimum Gasteiger partial charge on any atom is -0.485 e. The first-order chi connectivity index (χ1) is 16.9. The maximum Gasteiger partial charge on any atom is 0.265 e. The van der Waals surface area contributed by atoms with Crippen molar-refractivity contribution in [2.45, 2.75) is 13.8 Å². The van der Waals surface area contributed by atoms with Gasteiger partial charge in [-0.25, -0.2) is 0 Å². The van der Waals surface area contributed by atoms with E-state index in [4.69, 9.17) is 14.2 Å². The van der Waals surface area contributed by atoms with Crippen LogP contribution in [0.1, 0.15) is 21.5 Å². The minimum absolute atomic E-state index is 0.139. The Morgan fingerprint density at radius 3 is 2.66 bits per heavy atom. The summed E-state index contributed by atoms with van der Waals surface area (Å²) in [6.45, 7) is 7.77. The first kappa shape index (κ1) is 24.7. The number of amides is 2. The predicted molar refractivity (Wildman–Crippen MR) is 130 cm³/mol. The summed E-state index contributed by atoms with van der Waals surface area (Å²) >= 11 is 0. The Labute approximate surface area is 204 Å². The molecule has 0 aromatic heterocycles. The molecule has 0 saturated carbocycles. The number of morpholine rings is 1. The normalized spacial score (nSPS) is 15.8. The van der Waals surface area contributed by atoms with E-state index in [1.54, 1.807) is 18.2 Å². The summed E-state index contributed by atoms with van der Waals surface area (Å²) in [5.41, 5.74) is 2.85. The highest BCUT2D eigenvalue weighted by Crippen LogP contribution is 2.33. The Bertz CT molecular complexity index is 1100. The molecule has 9 nitrogen and oxygen atoms in total. The Morgan fingerprint density at radius 2 is 1.89 bits per heavy atom. The number of benzene rings is 2. The van der Waals surface area contributed by atoms with Gasteiger partial charge in [0, 0.05) is 31.7 Å². The molecule has 0 bridgehead atoms. The number of hydrogen-bond acceptors (Lipinski definition) is 7. The van der Waals surface area contributed by atoms with E-state index < -0.39 is 0 Å². The topological polar surface area (TPSA) is 97.4 Å². The molecule has 0 radical (unpaired) electrons. The van der Waals surface area contributed by atoms with Gasteiger partial charge in [0.15, 0.2) is 19.0 Å². The van der Waals surface area contributed by atoms with Gasteiger partial charge >= 0.3 is 0 Å². The van der Waals surface area contributed by atoms with Crippen LogP contribution in [-0.2, 0) is 14.3 Å². The zero-order valence-electron chi connectivity index (χ0n) is 20.2. The number of nitrogens with one attached hydrogen (secondary N) is 1. The monoisotopic (exact) mass is 481 g/mol. The molecule has 1 saturated heterocycles. The Morgan fingerprint density at radius 1 is 1.09 bits per heavy atom. The smallest absolute Gasteiger partial charge is 0.265 e. The molecule has 2 aliphatic rings. The van der Waals surface area contributed by atoms with Gasteiger partial charge in [-0.1, -0.05) is 17.7 Å². The van der Waals surface area contributed by atoms with Gasteiger partial charge in [0.1, 0.15) is 18.0 Å². The van der Waals surface area contributed by atoms with E-state index in [1.807, 2.05) is 32.0 Å². The number of hydrogen-bond donors (Lipinski definition) is 1. The van der Waals surface area contributed by atoms with E-state index in [0.717, 1.165) is 30.8 Å². The molecule has 0 atom stereocenters. The lowest BCUT2D eigenvalue weighted by atomic mass is 10.1. The molecule has 2 aliphatic heterocycles. The Kier molecular flexibility index (Phi) is 7.99. The SMILES string of the molecule is Cc1ccc(OCC(=O)c2ccc3c(c2)N(CC(=O)NCCN2CCOCC2)C(=O)CO3)c(C)c1. The standard InChI is InChI=1S/C26H31N3O6/c1-18-3-5-23(19(2)13-18)34-16-22(30)20-4-6-24-21(14-20)29(26(32)17-35-24)15-25(31)27-7-8-28-9-11-33-12-10-28/h3-6,13-14H,7-12,15-17H2,1-2H3,(H,27,31). The second kappa shape index (κ2) is 11.3. The van der Waals surface area contributed by atoms with E-state index >= 15 is 0 Å². The van der Waals surface area contributed by atoms with Crippen LogP contribution in [0.3, 0.4) is 0 Å². The number of fused-ring (bicyclic) bond motifs is 1. The van der Waals surface area contributed by atoms with Gasteiger partial charge in [-0.3, -0.25) is 24.2 Å². The van der Waals surface area contributed by atoms with Crippen LogP contribution < -0.4 is 19.7 Å². The van der Waals surface area contributed by atoms with Crippen LogP contribution in [0.15, 0.2) is 36.4 Å². The number of Topliss-reactive ketones (excluding diaryl/α,β-unsaturated/α-hetero) is 1. The number of rotatable bonds is 9. The summed E-state index contributed by atoms with van der Waals surface area (Å²) in [5.74, 6) is 0.264. The average molecular weight is 482 g/mol. The van der Waals surface area contributed by atoms with Gasteiger partial charge < -0.3 is 19.5 Å². The number of nitrogens with zero attached hydrogens (tertiary/aromatic N) is 2. The molecule has 35 heavy (non-hydrogen) atoms. The Balaban J connectivity index is 1.38. The van der Waals surface area contributed by atoms with Crippen LogP contribution in [0.2, 0.25) is 0 Å². The average Bonchev–Trinajstić information content (AvgIpc) is 2.85. The van der Waals surface area contributed by atoms with Gasteiger partial charge in [0.25, 0.3) is 5.91 Å². The molecule has 0 spiro atoms. The van der Waals surface area contributed by atoms with Gasteiger partial charge in [0.05, 0.1) is 18.9 Å². The Hall–Kier alpha value is -3.43. The molecule has 0 unspecified atom stereocenters. The van der Waals surface area contributed by atoms with Crippen molar-refractivity contribution >= 4 is 23.3 Å². The van der Waals surface area contributed by atoms with Gasteiger partial charge in [-0.05, 0) is 43.7 Å². The largest absolute Gasteiger partial charge is 0.485 e. The fourth-order valence-electron chi connectivity index (χ4n) is 4.11. The van der Waals surface area contributed by atoms with Crippen molar-refractivity contribution in [3.05, 3.63) is 53.1 Å². The van der Waals surface area contributed by atoms with Gasteiger partial charge in [-0.2, -0.15) is 0 Å². The van der Waals surface area contributed by atoms with Crippen LogP contribution in [0, 0.1) is 13.8 Å². The zero-order valence-corrected chi connectivity index (χ0v) is 20.2. The molecule has 2 amide bonds. The minimum atomic E-state index is -0.336. The van der Waals surface area contributed by atoms with E-state index in [2.05, 4.69) is 10.2 Å². The highest BCUT2D eigenvalue weighted by atomic mass is 16.5. The first-order valence-electron chi connectivity index (χ1n) is 11.8. The highest BCUT2D eigenvalue weighted by Gasteiger charge is 2.28. The third-order valence-electron chi connectivity index (χ3n) is 6.07. The van der Waals surface area contributed by atoms with Crippen molar-refractivity contribution in [3.8, 4) is 11.5 Å². The maximum atomic E-state index is 12.8. The fourth-order valence-corrected chi connectivity index (χ4v) is 4.11. The predicted octanol–water partition coefficient (Wildman–Crippen LogP) is 1.74. The second-order valence-electron chi connectivity index (χ2n) is 8.74. The molecular formula is C26H31N3O6. The molecule has 2 aromatic carbocycles. The van der Waals surface area contributed by atoms with Gasteiger partial charge in [-0.15, -0.1) is 0 Å². The quantitative estimate of drug-likeness (QED) is 0.545. The van der Waals surface area contributed by atoms with Crippen molar-refractivity contribution in [2.75, 3.05) is 64.1 Å². The summed E-state index contributed by atoms with van der Waals surface area (Å²) in [5, 5.41) is 2.87. The molecule has 9 heteroatoms. The van der Waals surface area contributed by atoms with Crippen molar-refractivity contribution < 1.29 is 28.6 Å². The van der Waals surface area contributed by atoms with Gasteiger partial charge in [0.2, 0.25) is 5.91 Å². The lowest BCUT2D eigenvalue weighted by Gasteiger charge is -2.29. The molecule has 1 fully saturated rings. The van der Waals surface area contributed by atoms with Crippen LogP contribution in [0.4, 0.5) is 5.69 Å². The summed E-state index contributed by atoms with van der Waals surface area (Å²) in [4.78, 5) is 41.5. The molecule has 1 N–H and O–H groups in total. The molecular weight excluding hydrogens is 450 g/mol. The van der Waals surface area contributed by atoms with Crippen molar-refractivity contribution in [1.29, 1.82) is 0 Å².